The molecule has 3 aliphatic rings. The maximum absolute atomic E-state index is 11.9. The van der Waals surface area contributed by atoms with Crippen LogP contribution >= 0.6 is 0 Å². The van der Waals surface area contributed by atoms with Gasteiger partial charge in [-0.25, -0.2) is 4.79 Å². The molecule has 27 heavy (non-hydrogen) atoms. The third-order valence-electron chi connectivity index (χ3n) is 7.50. The number of hydrogen-bond donors (Lipinski definition) is 0. The van der Waals surface area contributed by atoms with Crippen molar-refractivity contribution in [3.63, 3.8) is 0 Å². The zero-order valence-electron chi connectivity index (χ0n) is 17.9. The van der Waals surface area contributed by atoms with Crippen LogP contribution in [-0.4, -0.2) is 35.1 Å². The minimum Gasteiger partial charge on any atom is -0.459 e. The van der Waals surface area contributed by atoms with Gasteiger partial charge in [0, 0.05) is 23.7 Å². The van der Waals surface area contributed by atoms with Crippen LogP contribution in [0.5, 0.6) is 0 Å². The minimum atomic E-state index is -0.210. The quantitative estimate of drug-likeness (QED) is 0.444. The summed E-state index contributed by atoms with van der Waals surface area (Å²) < 4.78 is 5.64. The number of ether oxygens (including phenoxy) is 1. The molecule has 0 aliphatic heterocycles. The van der Waals surface area contributed by atoms with Crippen LogP contribution in [0.15, 0.2) is 12.2 Å². The summed E-state index contributed by atoms with van der Waals surface area (Å²) in [6.07, 6.45) is 15.7. The average Bonchev–Trinajstić information content (AvgIpc) is 2.66. The van der Waals surface area contributed by atoms with E-state index in [0.29, 0.717) is 11.6 Å². The summed E-state index contributed by atoms with van der Waals surface area (Å²) in [7, 11) is 0. The molecule has 0 aromatic rings. The lowest BCUT2D eigenvalue weighted by atomic mass is 9.79. The Hall–Kier alpha value is -0.830. The number of rotatable bonds is 5. The Balaban J connectivity index is 1.61. The van der Waals surface area contributed by atoms with E-state index in [-0.39, 0.29) is 12.1 Å². The standard InChI is InChI=1S/C24H41NO2/c1-17(2)24(26)27-23-15-13-22(14-16-23)25(20-9-5-18(3)6-10-20)21-11-7-19(4)8-12-21/h18-23H,1,5-16H2,2-4H3. The van der Waals surface area contributed by atoms with Crippen LogP contribution in [0.1, 0.15) is 97.8 Å². The predicted molar refractivity (Wildman–Crippen MR) is 112 cm³/mol. The van der Waals surface area contributed by atoms with Crippen LogP contribution in [0.2, 0.25) is 0 Å². The van der Waals surface area contributed by atoms with Gasteiger partial charge in [0.25, 0.3) is 0 Å². The molecule has 0 amide bonds. The lowest BCUT2D eigenvalue weighted by Gasteiger charge is -2.49. The molecule has 3 nitrogen and oxygen atoms in total. The Morgan fingerprint density at radius 3 is 1.48 bits per heavy atom. The third-order valence-corrected chi connectivity index (χ3v) is 7.50. The molecule has 0 unspecified atom stereocenters. The van der Waals surface area contributed by atoms with E-state index in [0.717, 1.165) is 36.8 Å². The second-order valence-electron chi connectivity index (χ2n) is 9.89. The molecule has 0 aromatic carbocycles. The summed E-state index contributed by atoms with van der Waals surface area (Å²) in [6, 6.07) is 2.28. The molecule has 3 heteroatoms. The summed E-state index contributed by atoms with van der Waals surface area (Å²) in [5.74, 6) is 1.61. The van der Waals surface area contributed by atoms with E-state index in [9.17, 15) is 4.79 Å². The van der Waals surface area contributed by atoms with Crippen molar-refractivity contribution in [1.82, 2.24) is 4.90 Å². The normalized spacial score (nSPS) is 37.8. The molecule has 0 saturated heterocycles. The number of hydrogen-bond acceptors (Lipinski definition) is 3. The molecule has 3 saturated carbocycles. The number of carbonyl (C=O) groups is 1. The highest BCUT2D eigenvalue weighted by molar-refractivity contribution is 5.87. The smallest absolute Gasteiger partial charge is 0.333 e. The van der Waals surface area contributed by atoms with E-state index in [2.05, 4.69) is 25.3 Å². The van der Waals surface area contributed by atoms with Gasteiger partial charge in [0.2, 0.25) is 0 Å². The van der Waals surface area contributed by atoms with Crippen LogP contribution < -0.4 is 0 Å². The highest BCUT2D eigenvalue weighted by atomic mass is 16.5. The van der Waals surface area contributed by atoms with Crippen molar-refractivity contribution in [2.45, 2.75) is 122 Å². The van der Waals surface area contributed by atoms with E-state index < -0.39 is 0 Å². The Morgan fingerprint density at radius 1 is 0.741 bits per heavy atom. The van der Waals surface area contributed by atoms with Crippen molar-refractivity contribution in [1.29, 1.82) is 0 Å². The fourth-order valence-corrected chi connectivity index (χ4v) is 5.69. The Kier molecular flexibility index (Phi) is 7.42. The maximum Gasteiger partial charge on any atom is 0.333 e. The average molecular weight is 376 g/mol. The maximum atomic E-state index is 11.9. The first kappa shape index (κ1) is 20.9. The van der Waals surface area contributed by atoms with Crippen molar-refractivity contribution in [3.05, 3.63) is 12.2 Å². The monoisotopic (exact) mass is 375 g/mol. The zero-order chi connectivity index (χ0) is 19.4. The van der Waals surface area contributed by atoms with Crippen LogP contribution in [0.3, 0.4) is 0 Å². The van der Waals surface area contributed by atoms with Gasteiger partial charge in [-0.1, -0.05) is 20.4 Å². The lowest BCUT2D eigenvalue weighted by molar-refractivity contribution is -0.146. The zero-order valence-corrected chi connectivity index (χ0v) is 17.9. The van der Waals surface area contributed by atoms with Crippen LogP contribution in [-0.2, 0) is 9.53 Å². The van der Waals surface area contributed by atoms with Crippen molar-refractivity contribution in [3.8, 4) is 0 Å². The molecule has 3 aliphatic carbocycles. The predicted octanol–water partition coefficient (Wildman–Crippen LogP) is 5.88. The highest BCUT2D eigenvalue weighted by Crippen LogP contribution is 2.38. The molecule has 3 rings (SSSR count). The van der Waals surface area contributed by atoms with Gasteiger partial charge >= 0.3 is 5.97 Å². The van der Waals surface area contributed by atoms with Gasteiger partial charge in [0.15, 0.2) is 0 Å². The Morgan fingerprint density at radius 2 is 1.11 bits per heavy atom. The SMILES string of the molecule is C=C(C)C(=O)OC1CCC(N(C2CCC(C)CC2)C2CCC(C)CC2)CC1. The van der Waals surface area contributed by atoms with Gasteiger partial charge in [-0.05, 0) is 95.8 Å². The molecule has 0 radical (unpaired) electrons. The summed E-state index contributed by atoms with van der Waals surface area (Å²) in [5, 5.41) is 0. The van der Waals surface area contributed by atoms with Gasteiger partial charge in [0.05, 0.1) is 0 Å². The summed E-state index contributed by atoms with van der Waals surface area (Å²) in [5.41, 5.74) is 0.520. The van der Waals surface area contributed by atoms with Crippen molar-refractivity contribution >= 4 is 5.97 Å². The second kappa shape index (κ2) is 9.58. The topological polar surface area (TPSA) is 29.5 Å². The molecule has 3 fully saturated rings. The van der Waals surface area contributed by atoms with Crippen molar-refractivity contribution < 1.29 is 9.53 Å². The molecule has 0 aromatic heterocycles. The largest absolute Gasteiger partial charge is 0.459 e. The molecule has 0 spiro atoms. The van der Waals surface area contributed by atoms with Gasteiger partial charge < -0.3 is 4.74 Å². The first-order valence-electron chi connectivity index (χ1n) is 11.6. The van der Waals surface area contributed by atoms with Crippen molar-refractivity contribution in [2.24, 2.45) is 11.8 Å². The summed E-state index contributed by atoms with van der Waals surface area (Å²) in [4.78, 5) is 14.8. The summed E-state index contributed by atoms with van der Waals surface area (Å²) >= 11 is 0. The fraction of sp³-hybridized carbons (Fsp3) is 0.875. The Bertz CT molecular complexity index is 471. The molecule has 0 heterocycles. The third kappa shape index (κ3) is 5.59. The van der Waals surface area contributed by atoms with Gasteiger partial charge in [-0.3, -0.25) is 4.90 Å². The number of carbonyl (C=O) groups excluding carboxylic acids is 1. The van der Waals surface area contributed by atoms with E-state index in [1.165, 1.54) is 64.2 Å². The Labute approximate surface area is 166 Å². The van der Waals surface area contributed by atoms with E-state index >= 15 is 0 Å². The van der Waals surface area contributed by atoms with Gasteiger partial charge in [-0.15, -0.1) is 0 Å². The number of esters is 1. The molecule has 0 bridgehead atoms. The fourth-order valence-electron chi connectivity index (χ4n) is 5.69. The molecule has 0 atom stereocenters. The number of nitrogens with zero attached hydrogens (tertiary/aromatic N) is 1. The van der Waals surface area contributed by atoms with E-state index in [1.807, 2.05) is 0 Å². The van der Waals surface area contributed by atoms with Crippen LogP contribution in [0, 0.1) is 11.8 Å². The molecule has 0 N–H and O–H groups in total. The summed E-state index contributed by atoms with van der Waals surface area (Å²) in [6.45, 7) is 10.3. The minimum absolute atomic E-state index is 0.102. The van der Waals surface area contributed by atoms with E-state index in [4.69, 9.17) is 4.74 Å². The van der Waals surface area contributed by atoms with Crippen molar-refractivity contribution in [2.75, 3.05) is 0 Å². The lowest BCUT2D eigenvalue weighted by Crippen LogP contribution is -2.53. The van der Waals surface area contributed by atoms with Gasteiger partial charge in [0.1, 0.15) is 6.10 Å². The second-order valence-corrected chi connectivity index (χ2v) is 9.89. The first-order chi connectivity index (χ1) is 12.9. The molecule has 154 valence electrons. The van der Waals surface area contributed by atoms with Crippen LogP contribution in [0.4, 0.5) is 0 Å². The molecular weight excluding hydrogens is 334 g/mol. The van der Waals surface area contributed by atoms with Gasteiger partial charge in [-0.2, -0.15) is 0 Å². The van der Waals surface area contributed by atoms with E-state index in [1.54, 1.807) is 6.92 Å². The highest BCUT2D eigenvalue weighted by Gasteiger charge is 2.37. The first-order valence-corrected chi connectivity index (χ1v) is 11.6. The molecular formula is C24H41NO2. The van der Waals surface area contributed by atoms with Crippen LogP contribution in [0.25, 0.3) is 0 Å².